The van der Waals surface area contributed by atoms with Gasteiger partial charge in [-0.1, -0.05) is 36.4 Å². The number of hydrogen-bond acceptors (Lipinski definition) is 2. The Balaban J connectivity index is 2.07. The Morgan fingerprint density at radius 2 is 1.58 bits per heavy atom. The Morgan fingerprint density at radius 3 is 2.46 bits per heavy atom. The summed E-state index contributed by atoms with van der Waals surface area (Å²) in [6.45, 7) is 0. The lowest BCUT2D eigenvalue weighted by Crippen LogP contribution is -2.05. The highest BCUT2D eigenvalue weighted by Gasteiger charge is 2.14. The van der Waals surface area contributed by atoms with Crippen LogP contribution in [0.4, 0.5) is 4.39 Å². The first kappa shape index (κ1) is 14.3. The van der Waals surface area contributed by atoms with Crippen LogP contribution in [0.2, 0.25) is 0 Å². The zero-order valence-electron chi connectivity index (χ0n) is 12.7. The molecule has 0 spiro atoms. The Labute approximate surface area is 137 Å². The van der Waals surface area contributed by atoms with E-state index in [1.807, 2.05) is 30.3 Å². The van der Waals surface area contributed by atoms with Gasteiger partial charge < -0.3 is 4.98 Å². The highest BCUT2D eigenvalue weighted by atomic mass is 19.1. The van der Waals surface area contributed by atoms with E-state index in [2.05, 4.69) is 9.97 Å². The molecule has 2 heterocycles. The van der Waals surface area contributed by atoms with E-state index in [0.29, 0.717) is 11.3 Å². The number of aromatic nitrogens is 2. The van der Waals surface area contributed by atoms with Crippen LogP contribution in [0.1, 0.15) is 0 Å². The number of benzene rings is 2. The second-order valence-corrected chi connectivity index (χ2v) is 5.47. The summed E-state index contributed by atoms with van der Waals surface area (Å²) in [4.78, 5) is 19.2. The summed E-state index contributed by atoms with van der Waals surface area (Å²) in [6, 6.07) is 19.2. The predicted molar refractivity (Wildman–Crippen MR) is 93.2 cm³/mol. The minimum atomic E-state index is -0.341. The lowest BCUT2D eigenvalue weighted by Gasteiger charge is -2.11. The van der Waals surface area contributed by atoms with Crippen molar-refractivity contribution in [1.82, 2.24) is 9.97 Å². The fraction of sp³-hybridized carbons (Fsp3) is 0. The van der Waals surface area contributed by atoms with Crippen molar-refractivity contribution in [3.63, 3.8) is 0 Å². The zero-order valence-corrected chi connectivity index (χ0v) is 12.7. The molecular formula is C20H13FN2O. The summed E-state index contributed by atoms with van der Waals surface area (Å²) in [5.41, 5.74) is 2.93. The number of nitrogens with zero attached hydrogens (tertiary/aromatic N) is 1. The maximum Gasteiger partial charge on any atom is 0.249 e. The second kappa shape index (κ2) is 5.74. The molecule has 4 aromatic rings. The fourth-order valence-electron chi connectivity index (χ4n) is 2.92. The van der Waals surface area contributed by atoms with Crippen LogP contribution in [0.3, 0.4) is 0 Å². The van der Waals surface area contributed by atoms with E-state index in [4.69, 9.17) is 0 Å². The Hall–Kier alpha value is -3.27. The van der Waals surface area contributed by atoms with Crippen LogP contribution < -0.4 is 5.56 Å². The van der Waals surface area contributed by atoms with Gasteiger partial charge in [-0.2, -0.15) is 0 Å². The number of fused-ring (bicyclic) bond motifs is 1. The van der Waals surface area contributed by atoms with Crippen molar-refractivity contribution >= 4 is 10.9 Å². The molecule has 0 atom stereocenters. The quantitative estimate of drug-likeness (QED) is 0.596. The molecule has 0 radical (unpaired) electrons. The van der Waals surface area contributed by atoms with Gasteiger partial charge in [-0.3, -0.25) is 9.78 Å². The first-order chi connectivity index (χ1) is 11.7. The van der Waals surface area contributed by atoms with Crippen LogP contribution in [-0.4, -0.2) is 9.97 Å². The molecular weight excluding hydrogens is 303 g/mol. The van der Waals surface area contributed by atoms with Crippen LogP contribution in [-0.2, 0) is 0 Å². The first-order valence-electron chi connectivity index (χ1n) is 7.56. The lowest BCUT2D eigenvalue weighted by atomic mass is 9.96. The molecule has 0 saturated carbocycles. The number of para-hydroxylation sites is 1. The van der Waals surface area contributed by atoms with E-state index in [1.165, 1.54) is 12.1 Å². The van der Waals surface area contributed by atoms with Crippen molar-refractivity contribution in [2.45, 2.75) is 0 Å². The number of halogens is 1. The SMILES string of the molecule is O=c1cc(-c2cccnc2-c2ccccc2F)c2ccccc2[nH]1. The third-order valence-electron chi connectivity index (χ3n) is 3.98. The summed E-state index contributed by atoms with van der Waals surface area (Å²) in [5, 5.41) is 0.891. The standard InChI is InChI=1S/C20H13FN2O/c21-17-9-3-1-7-15(17)20-14(8-5-11-22-20)16-12-19(24)23-18-10-4-2-6-13(16)18/h1-12H,(H,23,24). The average molecular weight is 316 g/mol. The van der Waals surface area contributed by atoms with E-state index < -0.39 is 0 Å². The van der Waals surface area contributed by atoms with Gasteiger partial charge in [0.25, 0.3) is 0 Å². The van der Waals surface area contributed by atoms with Gasteiger partial charge in [-0.05, 0) is 29.8 Å². The Bertz CT molecular complexity index is 1100. The molecule has 116 valence electrons. The van der Waals surface area contributed by atoms with Crippen molar-refractivity contribution < 1.29 is 4.39 Å². The van der Waals surface area contributed by atoms with Crippen molar-refractivity contribution in [2.24, 2.45) is 0 Å². The maximum atomic E-state index is 14.3. The normalized spacial score (nSPS) is 10.9. The predicted octanol–water partition coefficient (Wildman–Crippen LogP) is 4.40. The summed E-state index contributed by atoms with van der Waals surface area (Å²) in [6.07, 6.45) is 1.63. The van der Waals surface area contributed by atoms with Crippen molar-refractivity contribution in [2.75, 3.05) is 0 Å². The molecule has 0 aliphatic rings. The molecule has 0 amide bonds. The molecule has 2 aromatic heterocycles. The molecule has 0 saturated heterocycles. The van der Waals surface area contributed by atoms with Crippen LogP contribution >= 0.6 is 0 Å². The maximum absolute atomic E-state index is 14.3. The van der Waals surface area contributed by atoms with E-state index in [9.17, 15) is 9.18 Å². The summed E-state index contributed by atoms with van der Waals surface area (Å²) >= 11 is 0. The molecule has 0 bridgehead atoms. The van der Waals surface area contributed by atoms with E-state index in [1.54, 1.807) is 30.5 Å². The van der Waals surface area contributed by atoms with Gasteiger partial charge in [0.2, 0.25) is 5.56 Å². The third-order valence-corrected chi connectivity index (χ3v) is 3.98. The van der Waals surface area contributed by atoms with Gasteiger partial charge in [-0.25, -0.2) is 4.39 Å². The average Bonchev–Trinajstić information content (AvgIpc) is 2.61. The van der Waals surface area contributed by atoms with Gasteiger partial charge in [0.15, 0.2) is 0 Å². The smallest absolute Gasteiger partial charge is 0.249 e. The zero-order chi connectivity index (χ0) is 16.5. The van der Waals surface area contributed by atoms with Crippen LogP contribution in [0.15, 0.2) is 77.7 Å². The van der Waals surface area contributed by atoms with Gasteiger partial charge >= 0.3 is 0 Å². The number of nitrogens with one attached hydrogen (secondary N) is 1. The molecule has 3 nitrogen and oxygen atoms in total. The van der Waals surface area contributed by atoms with Crippen LogP contribution in [0.25, 0.3) is 33.3 Å². The fourth-order valence-corrected chi connectivity index (χ4v) is 2.92. The van der Waals surface area contributed by atoms with Gasteiger partial charge in [-0.15, -0.1) is 0 Å². The molecule has 4 heteroatoms. The minimum absolute atomic E-state index is 0.202. The lowest BCUT2D eigenvalue weighted by molar-refractivity contribution is 0.631. The highest BCUT2D eigenvalue weighted by molar-refractivity contribution is 5.97. The van der Waals surface area contributed by atoms with Crippen molar-refractivity contribution in [3.8, 4) is 22.4 Å². The van der Waals surface area contributed by atoms with Gasteiger partial charge in [0.05, 0.1) is 5.69 Å². The van der Waals surface area contributed by atoms with Crippen molar-refractivity contribution in [1.29, 1.82) is 0 Å². The summed E-state index contributed by atoms with van der Waals surface area (Å²) in [7, 11) is 0. The van der Waals surface area contributed by atoms with E-state index in [0.717, 1.165) is 22.0 Å². The number of aromatic amines is 1. The Kier molecular flexibility index (Phi) is 3.43. The van der Waals surface area contributed by atoms with Crippen molar-refractivity contribution in [3.05, 3.63) is 89.1 Å². The first-order valence-corrected chi connectivity index (χ1v) is 7.56. The molecule has 0 unspecified atom stereocenters. The third kappa shape index (κ3) is 2.38. The molecule has 0 aliphatic carbocycles. The molecule has 24 heavy (non-hydrogen) atoms. The summed E-state index contributed by atoms with van der Waals surface area (Å²) < 4.78 is 14.3. The number of hydrogen-bond donors (Lipinski definition) is 1. The second-order valence-electron chi connectivity index (χ2n) is 5.47. The number of H-pyrrole nitrogens is 1. The van der Waals surface area contributed by atoms with Crippen LogP contribution in [0, 0.1) is 5.82 Å². The minimum Gasteiger partial charge on any atom is -0.322 e. The molecule has 1 N–H and O–H groups in total. The topological polar surface area (TPSA) is 45.8 Å². The Morgan fingerprint density at radius 1 is 0.833 bits per heavy atom. The largest absolute Gasteiger partial charge is 0.322 e. The molecule has 2 aromatic carbocycles. The number of rotatable bonds is 2. The highest BCUT2D eigenvalue weighted by Crippen LogP contribution is 2.34. The molecule has 0 aliphatic heterocycles. The van der Waals surface area contributed by atoms with Crippen LogP contribution in [0.5, 0.6) is 0 Å². The monoisotopic (exact) mass is 316 g/mol. The summed E-state index contributed by atoms with van der Waals surface area (Å²) in [5.74, 6) is -0.341. The van der Waals surface area contributed by atoms with Gasteiger partial charge in [0.1, 0.15) is 5.82 Å². The molecule has 0 fully saturated rings. The van der Waals surface area contributed by atoms with Gasteiger partial charge in [0, 0.05) is 34.3 Å². The molecule has 4 rings (SSSR count). The number of pyridine rings is 2. The van der Waals surface area contributed by atoms with E-state index >= 15 is 0 Å². The van der Waals surface area contributed by atoms with E-state index in [-0.39, 0.29) is 11.4 Å².